The average molecular weight is 457 g/mol. The Morgan fingerprint density at radius 1 is 0.935 bits per heavy atom. The highest BCUT2D eigenvalue weighted by molar-refractivity contribution is 7.92. The largest absolute Gasteiger partial charge is 0.321 e. The van der Waals surface area contributed by atoms with Gasteiger partial charge >= 0.3 is 0 Å². The lowest BCUT2D eigenvalue weighted by Crippen LogP contribution is -2.16. The van der Waals surface area contributed by atoms with E-state index in [0.717, 1.165) is 35.2 Å². The van der Waals surface area contributed by atoms with Crippen molar-refractivity contribution in [3.05, 3.63) is 87.9 Å². The molecule has 7 heteroatoms. The molecule has 0 heterocycles. The van der Waals surface area contributed by atoms with E-state index in [-0.39, 0.29) is 21.5 Å². The van der Waals surface area contributed by atoms with Crippen LogP contribution in [0.25, 0.3) is 0 Å². The summed E-state index contributed by atoms with van der Waals surface area (Å²) in [5.74, 6) is -0.301. The fourth-order valence-corrected chi connectivity index (χ4v) is 4.61. The highest BCUT2D eigenvalue weighted by atomic mass is 35.5. The number of hydrogen-bond acceptors (Lipinski definition) is 3. The molecule has 0 radical (unpaired) electrons. The number of sulfonamides is 1. The van der Waals surface area contributed by atoms with Crippen molar-refractivity contribution >= 4 is 38.9 Å². The molecule has 2 N–H and O–H groups in total. The average Bonchev–Trinajstić information content (AvgIpc) is 2.75. The Balaban J connectivity index is 1.83. The molecule has 5 nitrogen and oxygen atoms in total. The third-order valence-electron chi connectivity index (χ3n) is 5.04. The van der Waals surface area contributed by atoms with Gasteiger partial charge in [0.25, 0.3) is 15.9 Å². The molecule has 0 aliphatic heterocycles. The Morgan fingerprint density at radius 2 is 1.55 bits per heavy atom. The topological polar surface area (TPSA) is 75.3 Å². The van der Waals surface area contributed by atoms with E-state index in [0.29, 0.717) is 5.56 Å². The van der Waals surface area contributed by atoms with E-state index < -0.39 is 10.0 Å². The number of anilines is 2. The number of rotatable bonds is 7. The van der Waals surface area contributed by atoms with Gasteiger partial charge in [0.2, 0.25) is 0 Å². The van der Waals surface area contributed by atoms with E-state index in [4.69, 9.17) is 11.6 Å². The molecule has 3 aromatic rings. The molecule has 0 fully saturated rings. The number of carbonyl (C=O) groups excluding carboxylic acids is 1. The van der Waals surface area contributed by atoms with Crippen molar-refractivity contribution in [3.8, 4) is 0 Å². The Kier molecular flexibility index (Phi) is 7.03. The van der Waals surface area contributed by atoms with Crippen molar-refractivity contribution in [2.24, 2.45) is 0 Å². The van der Waals surface area contributed by atoms with Crippen LogP contribution in [-0.4, -0.2) is 14.3 Å². The summed E-state index contributed by atoms with van der Waals surface area (Å²) in [7, 11) is -3.79. The number of halogens is 1. The molecule has 0 atom stereocenters. The molecule has 0 bridgehead atoms. The molecular weight excluding hydrogens is 432 g/mol. The molecule has 1 amide bonds. The number of aryl methyl sites for hydroxylation is 3. The minimum absolute atomic E-state index is 0.138. The number of amides is 1. The molecule has 3 rings (SSSR count). The van der Waals surface area contributed by atoms with Crippen molar-refractivity contribution in [2.75, 3.05) is 10.0 Å². The predicted molar refractivity (Wildman–Crippen MR) is 127 cm³/mol. The van der Waals surface area contributed by atoms with Gasteiger partial charge in [-0.25, -0.2) is 8.42 Å². The number of benzene rings is 3. The van der Waals surface area contributed by atoms with Gasteiger partial charge in [-0.15, -0.1) is 0 Å². The maximum absolute atomic E-state index is 12.8. The van der Waals surface area contributed by atoms with Crippen LogP contribution in [0, 0.1) is 6.92 Å². The molecule has 0 saturated heterocycles. The summed E-state index contributed by atoms with van der Waals surface area (Å²) in [5, 5.41) is 3.13. The van der Waals surface area contributed by atoms with Crippen molar-refractivity contribution in [3.63, 3.8) is 0 Å². The maximum Gasteiger partial charge on any atom is 0.261 e. The summed E-state index contributed by atoms with van der Waals surface area (Å²) in [6, 6.07) is 17.0. The fourth-order valence-electron chi connectivity index (χ4n) is 3.25. The summed E-state index contributed by atoms with van der Waals surface area (Å²) < 4.78 is 27.7. The first-order valence-electron chi connectivity index (χ1n) is 10.1. The third kappa shape index (κ3) is 5.27. The fraction of sp³-hybridized carbons (Fsp3) is 0.208. The summed E-state index contributed by atoms with van der Waals surface area (Å²) in [6.45, 7) is 5.96. The Bertz CT molecular complexity index is 1180. The Labute approximate surface area is 188 Å². The van der Waals surface area contributed by atoms with Gasteiger partial charge in [0.1, 0.15) is 0 Å². The zero-order valence-electron chi connectivity index (χ0n) is 17.7. The van der Waals surface area contributed by atoms with Crippen LogP contribution in [0.1, 0.15) is 40.9 Å². The van der Waals surface area contributed by atoms with Crippen LogP contribution in [0.3, 0.4) is 0 Å². The molecule has 0 aromatic heterocycles. The molecule has 0 spiro atoms. The molecule has 0 aliphatic carbocycles. The maximum atomic E-state index is 12.8. The van der Waals surface area contributed by atoms with Gasteiger partial charge in [-0.1, -0.05) is 61.3 Å². The molecule has 0 unspecified atom stereocenters. The van der Waals surface area contributed by atoms with Crippen LogP contribution in [-0.2, 0) is 22.9 Å². The van der Waals surface area contributed by atoms with E-state index >= 15 is 0 Å². The lowest BCUT2D eigenvalue weighted by molar-refractivity contribution is 0.102. The highest BCUT2D eigenvalue weighted by Gasteiger charge is 2.18. The van der Waals surface area contributed by atoms with Gasteiger partial charge < -0.3 is 5.32 Å². The van der Waals surface area contributed by atoms with Crippen LogP contribution >= 0.6 is 11.6 Å². The van der Waals surface area contributed by atoms with Gasteiger partial charge in [0, 0.05) is 11.3 Å². The van der Waals surface area contributed by atoms with Crippen molar-refractivity contribution < 1.29 is 13.2 Å². The van der Waals surface area contributed by atoms with Gasteiger partial charge in [-0.2, -0.15) is 0 Å². The van der Waals surface area contributed by atoms with Crippen molar-refractivity contribution in [1.82, 2.24) is 0 Å². The summed E-state index contributed by atoms with van der Waals surface area (Å²) in [5.41, 5.74) is 4.45. The second kappa shape index (κ2) is 9.54. The van der Waals surface area contributed by atoms with Gasteiger partial charge in [0.15, 0.2) is 0 Å². The normalized spacial score (nSPS) is 11.2. The lowest BCUT2D eigenvalue weighted by atomic mass is 10.0. The lowest BCUT2D eigenvalue weighted by Gasteiger charge is -2.15. The molecule has 3 aromatic carbocycles. The number of para-hydroxylation sites is 1. The monoisotopic (exact) mass is 456 g/mol. The number of nitrogens with one attached hydrogen (secondary N) is 2. The molecule has 0 saturated carbocycles. The highest BCUT2D eigenvalue weighted by Crippen LogP contribution is 2.28. The van der Waals surface area contributed by atoms with E-state index in [1.54, 1.807) is 18.2 Å². The van der Waals surface area contributed by atoms with Crippen LogP contribution in [0.15, 0.2) is 65.6 Å². The Morgan fingerprint density at radius 3 is 2.10 bits per heavy atom. The first kappa shape index (κ1) is 22.8. The predicted octanol–water partition coefficient (Wildman–Crippen LogP) is 5.83. The summed E-state index contributed by atoms with van der Waals surface area (Å²) in [6.07, 6.45) is 1.59. The zero-order chi connectivity index (χ0) is 22.6. The molecule has 0 aliphatic rings. The quantitative estimate of drug-likeness (QED) is 0.470. The number of hydrogen-bond donors (Lipinski definition) is 2. The van der Waals surface area contributed by atoms with Crippen LogP contribution in [0.4, 0.5) is 11.4 Å². The van der Waals surface area contributed by atoms with Crippen molar-refractivity contribution in [1.29, 1.82) is 0 Å². The molecule has 31 heavy (non-hydrogen) atoms. The standard InChI is InChI=1S/C24H25ClN2O3S/c1-4-17-7-6-8-18(5-2)23(17)26-24(28)19-11-14-22(21(25)15-19)27-31(29,30)20-12-9-16(3)10-13-20/h6-15,27H,4-5H2,1-3H3,(H,26,28). The summed E-state index contributed by atoms with van der Waals surface area (Å²) in [4.78, 5) is 13.0. The Hall–Kier alpha value is -2.83. The van der Waals surface area contributed by atoms with E-state index in [1.807, 2.05) is 39.0 Å². The van der Waals surface area contributed by atoms with E-state index in [2.05, 4.69) is 10.0 Å². The van der Waals surface area contributed by atoms with E-state index in [1.165, 1.54) is 24.3 Å². The second-order valence-corrected chi connectivity index (χ2v) is 9.32. The van der Waals surface area contributed by atoms with Gasteiger partial charge in [-0.05, 0) is 61.2 Å². The second-order valence-electron chi connectivity index (χ2n) is 7.23. The minimum atomic E-state index is -3.79. The van der Waals surface area contributed by atoms with E-state index in [9.17, 15) is 13.2 Å². The van der Waals surface area contributed by atoms with Crippen LogP contribution in [0.5, 0.6) is 0 Å². The van der Waals surface area contributed by atoms with Crippen LogP contribution < -0.4 is 10.0 Å². The third-order valence-corrected chi connectivity index (χ3v) is 6.74. The first-order valence-corrected chi connectivity index (χ1v) is 11.9. The van der Waals surface area contributed by atoms with Gasteiger partial charge in [-0.3, -0.25) is 9.52 Å². The minimum Gasteiger partial charge on any atom is -0.321 e. The first-order chi connectivity index (χ1) is 14.7. The SMILES string of the molecule is CCc1cccc(CC)c1NC(=O)c1ccc(NS(=O)(=O)c2ccc(C)cc2)c(Cl)c1. The zero-order valence-corrected chi connectivity index (χ0v) is 19.3. The van der Waals surface area contributed by atoms with Gasteiger partial charge in [0.05, 0.1) is 15.6 Å². The van der Waals surface area contributed by atoms with Crippen molar-refractivity contribution in [2.45, 2.75) is 38.5 Å². The number of carbonyl (C=O) groups is 1. The summed E-state index contributed by atoms with van der Waals surface area (Å²) >= 11 is 6.31. The molecular formula is C24H25ClN2O3S. The van der Waals surface area contributed by atoms with Crippen LogP contribution in [0.2, 0.25) is 5.02 Å². The smallest absolute Gasteiger partial charge is 0.261 e. The molecule has 162 valence electrons.